The van der Waals surface area contributed by atoms with Gasteiger partial charge in [-0.05, 0) is 46.7 Å². The summed E-state index contributed by atoms with van der Waals surface area (Å²) in [5.74, 6) is -1.17. The molecule has 1 saturated heterocycles. The smallest absolute Gasteiger partial charge is 0.323 e. The summed E-state index contributed by atoms with van der Waals surface area (Å²) < 4.78 is 5.69. The molecule has 1 aliphatic heterocycles. The fourth-order valence-electron chi connectivity index (χ4n) is 2.24. The molecule has 1 rings (SSSR count). The highest BCUT2D eigenvalue weighted by atomic mass is 16.5. The topological polar surface area (TPSA) is 78.9 Å². The Labute approximate surface area is 120 Å². The highest BCUT2D eigenvalue weighted by Crippen LogP contribution is 2.15. The molecule has 1 amide bonds. The maximum absolute atomic E-state index is 12.1. The molecule has 20 heavy (non-hydrogen) atoms. The number of hydrogen-bond acceptors (Lipinski definition) is 4. The number of aliphatic carboxylic acids is 1. The number of carboxylic acids is 1. The molecule has 0 atom stereocenters. The number of piperidine rings is 1. The lowest BCUT2D eigenvalue weighted by molar-refractivity contribution is -0.149. The van der Waals surface area contributed by atoms with E-state index in [2.05, 4.69) is 5.32 Å². The number of carbonyl (C=O) groups excluding carboxylic acids is 1. The number of rotatable bonds is 6. The molecule has 0 unspecified atom stereocenters. The molecule has 0 spiro atoms. The van der Waals surface area contributed by atoms with Gasteiger partial charge in [-0.1, -0.05) is 0 Å². The van der Waals surface area contributed by atoms with Gasteiger partial charge in [-0.2, -0.15) is 0 Å². The number of ether oxygens (including phenoxy) is 1. The summed E-state index contributed by atoms with van der Waals surface area (Å²) in [6.45, 7) is 7.49. The predicted octanol–water partition coefficient (Wildman–Crippen LogP) is 0.857. The number of nitrogens with zero attached hydrogens (tertiary/aromatic N) is 1. The normalized spacial score (nSPS) is 16.9. The van der Waals surface area contributed by atoms with Crippen LogP contribution in [-0.4, -0.2) is 59.8 Å². The van der Waals surface area contributed by atoms with Crippen LogP contribution in [0, 0.1) is 0 Å². The van der Waals surface area contributed by atoms with Gasteiger partial charge in [-0.25, -0.2) is 0 Å². The third-order valence-electron chi connectivity index (χ3n) is 3.36. The van der Waals surface area contributed by atoms with E-state index >= 15 is 0 Å². The van der Waals surface area contributed by atoms with E-state index in [4.69, 9.17) is 9.84 Å². The Hall–Kier alpha value is -1.14. The van der Waals surface area contributed by atoms with Crippen LogP contribution in [0.2, 0.25) is 0 Å². The zero-order valence-corrected chi connectivity index (χ0v) is 12.6. The molecule has 6 nitrogen and oxygen atoms in total. The Bertz CT molecular complexity index is 333. The van der Waals surface area contributed by atoms with Crippen molar-refractivity contribution in [3.05, 3.63) is 0 Å². The first-order valence-corrected chi connectivity index (χ1v) is 7.15. The zero-order chi connectivity index (χ0) is 15.2. The van der Waals surface area contributed by atoms with Crippen molar-refractivity contribution in [1.29, 1.82) is 0 Å². The van der Waals surface area contributed by atoms with E-state index < -0.39 is 11.5 Å². The minimum absolute atomic E-state index is 0.172. The summed E-state index contributed by atoms with van der Waals surface area (Å²) in [5, 5.41) is 12.1. The van der Waals surface area contributed by atoms with Crippen molar-refractivity contribution in [2.75, 3.05) is 26.2 Å². The van der Waals surface area contributed by atoms with Crippen molar-refractivity contribution in [3.63, 3.8) is 0 Å². The van der Waals surface area contributed by atoms with E-state index in [9.17, 15) is 9.59 Å². The summed E-state index contributed by atoms with van der Waals surface area (Å²) in [6, 6.07) is 0. The molecule has 1 fully saturated rings. The van der Waals surface area contributed by atoms with E-state index in [0.717, 1.165) is 25.9 Å². The molecule has 116 valence electrons. The summed E-state index contributed by atoms with van der Waals surface area (Å²) in [7, 11) is 0. The molecule has 0 aromatic carbocycles. The molecule has 2 N–H and O–H groups in total. The summed E-state index contributed by atoms with van der Waals surface area (Å²) in [5.41, 5.74) is -0.496. The lowest BCUT2D eigenvalue weighted by Crippen LogP contribution is -2.48. The Kier molecular flexibility index (Phi) is 6.42. The van der Waals surface area contributed by atoms with Gasteiger partial charge in [-0.15, -0.1) is 0 Å². The van der Waals surface area contributed by atoms with Crippen molar-refractivity contribution in [2.24, 2.45) is 0 Å². The van der Waals surface area contributed by atoms with Gasteiger partial charge >= 0.3 is 5.97 Å². The Morgan fingerprint density at radius 1 is 1.30 bits per heavy atom. The molecule has 0 aromatic rings. The van der Waals surface area contributed by atoms with Crippen molar-refractivity contribution in [3.8, 4) is 0 Å². The van der Waals surface area contributed by atoms with Crippen LogP contribution in [0.4, 0.5) is 0 Å². The standard InChI is InChI=1S/C14H26N2O4/c1-14(2,3)16(10-13(18)19)12(17)6-9-20-11-4-7-15-8-5-11/h11,15H,4-10H2,1-3H3,(H,18,19). The molecule has 0 aromatic heterocycles. The molecule has 0 bridgehead atoms. The van der Waals surface area contributed by atoms with Crippen LogP contribution in [0.1, 0.15) is 40.0 Å². The van der Waals surface area contributed by atoms with E-state index in [-0.39, 0.29) is 25.0 Å². The largest absolute Gasteiger partial charge is 0.480 e. The van der Waals surface area contributed by atoms with Crippen LogP contribution < -0.4 is 5.32 Å². The van der Waals surface area contributed by atoms with Gasteiger partial charge in [0.25, 0.3) is 0 Å². The van der Waals surface area contributed by atoms with Crippen LogP contribution in [0.25, 0.3) is 0 Å². The van der Waals surface area contributed by atoms with E-state index in [1.54, 1.807) is 0 Å². The summed E-state index contributed by atoms with van der Waals surface area (Å²) in [4.78, 5) is 24.4. The van der Waals surface area contributed by atoms with Gasteiger partial charge < -0.3 is 20.1 Å². The number of nitrogens with one attached hydrogen (secondary N) is 1. The second-order valence-corrected chi connectivity index (χ2v) is 6.11. The van der Waals surface area contributed by atoms with Crippen LogP contribution in [0.15, 0.2) is 0 Å². The average molecular weight is 286 g/mol. The van der Waals surface area contributed by atoms with Crippen LogP contribution >= 0.6 is 0 Å². The first-order chi connectivity index (χ1) is 9.30. The Morgan fingerprint density at radius 3 is 2.40 bits per heavy atom. The lowest BCUT2D eigenvalue weighted by Gasteiger charge is -2.34. The van der Waals surface area contributed by atoms with E-state index in [1.165, 1.54) is 4.90 Å². The molecule has 0 radical (unpaired) electrons. The van der Waals surface area contributed by atoms with Gasteiger partial charge in [0, 0.05) is 5.54 Å². The zero-order valence-electron chi connectivity index (χ0n) is 12.6. The lowest BCUT2D eigenvalue weighted by atomic mass is 10.1. The first-order valence-electron chi connectivity index (χ1n) is 7.15. The predicted molar refractivity (Wildman–Crippen MR) is 75.6 cm³/mol. The first kappa shape index (κ1) is 16.9. The van der Waals surface area contributed by atoms with Crippen LogP contribution in [0.3, 0.4) is 0 Å². The second-order valence-electron chi connectivity index (χ2n) is 6.11. The Morgan fingerprint density at radius 2 is 1.90 bits per heavy atom. The maximum atomic E-state index is 12.1. The maximum Gasteiger partial charge on any atom is 0.323 e. The van der Waals surface area contributed by atoms with Gasteiger partial charge in [0.15, 0.2) is 0 Å². The Balaban J connectivity index is 2.39. The highest BCUT2D eigenvalue weighted by Gasteiger charge is 2.28. The molecular formula is C14H26N2O4. The van der Waals surface area contributed by atoms with Crippen LogP contribution in [-0.2, 0) is 14.3 Å². The quantitative estimate of drug-likeness (QED) is 0.757. The molecule has 6 heteroatoms. The third kappa shape index (κ3) is 5.88. The van der Waals surface area contributed by atoms with Crippen LogP contribution in [0.5, 0.6) is 0 Å². The fourth-order valence-corrected chi connectivity index (χ4v) is 2.24. The third-order valence-corrected chi connectivity index (χ3v) is 3.36. The average Bonchev–Trinajstić information content (AvgIpc) is 2.35. The second kappa shape index (κ2) is 7.59. The molecule has 0 aliphatic carbocycles. The van der Waals surface area contributed by atoms with Crippen molar-refractivity contribution >= 4 is 11.9 Å². The van der Waals surface area contributed by atoms with E-state index in [0.29, 0.717) is 6.61 Å². The van der Waals surface area contributed by atoms with Crippen molar-refractivity contribution in [1.82, 2.24) is 10.2 Å². The molecular weight excluding hydrogens is 260 g/mol. The van der Waals surface area contributed by atoms with Gasteiger partial charge in [0.2, 0.25) is 5.91 Å². The summed E-state index contributed by atoms with van der Waals surface area (Å²) >= 11 is 0. The SMILES string of the molecule is CC(C)(C)N(CC(=O)O)C(=O)CCOC1CCNCC1. The van der Waals surface area contributed by atoms with Gasteiger partial charge in [0.1, 0.15) is 6.54 Å². The monoisotopic (exact) mass is 286 g/mol. The van der Waals surface area contributed by atoms with Gasteiger partial charge in [-0.3, -0.25) is 9.59 Å². The molecule has 0 saturated carbocycles. The highest BCUT2D eigenvalue weighted by molar-refractivity contribution is 5.82. The minimum atomic E-state index is -0.993. The minimum Gasteiger partial charge on any atom is -0.480 e. The number of hydrogen-bond donors (Lipinski definition) is 2. The van der Waals surface area contributed by atoms with Crippen molar-refractivity contribution < 1.29 is 19.4 Å². The molecule has 1 aliphatic rings. The van der Waals surface area contributed by atoms with Gasteiger partial charge in [0.05, 0.1) is 19.1 Å². The number of carbonyl (C=O) groups is 2. The fraction of sp³-hybridized carbons (Fsp3) is 0.857. The number of carboxylic acid groups (broad SMARTS) is 1. The van der Waals surface area contributed by atoms with E-state index in [1.807, 2.05) is 20.8 Å². The molecule has 1 heterocycles. The van der Waals surface area contributed by atoms with Crippen molar-refractivity contribution in [2.45, 2.75) is 51.7 Å². The summed E-state index contributed by atoms with van der Waals surface area (Å²) in [6.07, 6.45) is 2.37. The number of amides is 1.